The Hall–Kier alpha value is -0.790. The summed E-state index contributed by atoms with van der Waals surface area (Å²) < 4.78 is 5.16. The van der Waals surface area contributed by atoms with E-state index in [1.54, 1.807) is 0 Å². The van der Waals surface area contributed by atoms with Gasteiger partial charge in [0.25, 0.3) is 0 Å². The van der Waals surface area contributed by atoms with Gasteiger partial charge in [-0.2, -0.15) is 0 Å². The maximum absolute atomic E-state index is 11.8. The van der Waals surface area contributed by atoms with Crippen molar-refractivity contribution < 1.29 is 9.53 Å². The van der Waals surface area contributed by atoms with Crippen molar-refractivity contribution in [1.82, 2.24) is 0 Å². The van der Waals surface area contributed by atoms with Gasteiger partial charge in [-0.25, -0.2) is 0 Å². The lowest BCUT2D eigenvalue weighted by Gasteiger charge is -2.36. The van der Waals surface area contributed by atoms with E-state index >= 15 is 0 Å². The smallest absolute Gasteiger partial charge is 0.308 e. The van der Waals surface area contributed by atoms with Crippen LogP contribution in [0.4, 0.5) is 0 Å². The van der Waals surface area contributed by atoms with E-state index in [-0.39, 0.29) is 11.9 Å². The second-order valence-corrected chi connectivity index (χ2v) is 7.29. The average molecular weight is 309 g/mol. The van der Waals surface area contributed by atoms with E-state index in [9.17, 15) is 4.79 Å². The van der Waals surface area contributed by atoms with Gasteiger partial charge in [-0.3, -0.25) is 4.79 Å². The van der Waals surface area contributed by atoms with Gasteiger partial charge in [0.1, 0.15) is 0 Å². The summed E-state index contributed by atoms with van der Waals surface area (Å²) in [5.41, 5.74) is 0.464. The SMILES string of the molecule is C=CCCCCCCCCC1(C)CCC(C(=O)OCC)CC1. The van der Waals surface area contributed by atoms with Crippen LogP contribution in [0.3, 0.4) is 0 Å². The van der Waals surface area contributed by atoms with Gasteiger partial charge in [0.2, 0.25) is 0 Å². The Morgan fingerprint density at radius 3 is 2.32 bits per heavy atom. The topological polar surface area (TPSA) is 26.3 Å². The molecule has 0 aliphatic heterocycles. The number of unbranched alkanes of at least 4 members (excludes halogenated alkanes) is 6. The van der Waals surface area contributed by atoms with Crippen LogP contribution in [0.15, 0.2) is 12.7 Å². The van der Waals surface area contributed by atoms with Gasteiger partial charge in [-0.15, -0.1) is 6.58 Å². The fourth-order valence-corrected chi connectivity index (χ4v) is 3.61. The molecule has 0 spiro atoms. The van der Waals surface area contributed by atoms with Crippen molar-refractivity contribution in [3.63, 3.8) is 0 Å². The van der Waals surface area contributed by atoms with Gasteiger partial charge < -0.3 is 4.74 Å². The summed E-state index contributed by atoms with van der Waals surface area (Å²) in [6.45, 7) is 8.58. The van der Waals surface area contributed by atoms with Gasteiger partial charge in [-0.05, 0) is 57.3 Å². The van der Waals surface area contributed by atoms with Crippen molar-refractivity contribution in [2.45, 2.75) is 90.9 Å². The molecule has 0 atom stereocenters. The molecule has 2 heteroatoms. The van der Waals surface area contributed by atoms with E-state index in [2.05, 4.69) is 13.5 Å². The lowest BCUT2D eigenvalue weighted by atomic mass is 9.69. The largest absolute Gasteiger partial charge is 0.466 e. The summed E-state index contributed by atoms with van der Waals surface area (Å²) in [6.07, 6.45) is 17.1. The van der Waals surface area contributed by atoms with Crippen LogP contribution in [0.25, 0.3) is 0 Å². The van der Waals surface area contributed by atoms with E-state index < -0.39 is 0 Å². The fraction of sp³-hybridized carbons (Fsp3) is 0.850. The molecule has 0 heterocycles. The third-order valence-electron chi connectivity index (χ3n) is 5.25. The number of ether oxygens (including phenoxy) is 1. The summed E-state index contributed by atoms with van der Waals surface area (Å²) in [5.74, 6) is 0.196. The highest BCUT2D eigenvalue weighted by atomic mass is 16.5. The molecule has 1 rings (SSSR count). The van der Waals surface area contributed by atoms with E-state index in [4.69, 9.17) is 4.74 Å². The lowest BCUT2D eigenvalue weighted by molar-refractivity contribution is -0.149. The van der Waals surface area contributed by atoms with Crippen molar-refractivity contribution in [3.05, 3.63) is 12.7 Å². The Morgan fingerprint density at radius 2 is 1.73 bits per heavy atom. The van der Waals surface area contributed by atoms with Crippen LogP contribution in [0.5, 0.6) is 0 Å². The number of carbonyl (C=O) groups excluding carboxylic acids is 1. The Bertz CT molecular complexity index is 314. The monoisotopic (exact) mass is 308 g/mol. The van der Waals surface area contributed by atoms with Crippen LogP contribution in [-0.4, -0.2) is 12.6 Å². The molecule has 1 aliphatic carbocycles. The molecule has 0 unspecified atom stereocenters. The summed E-state index contributed by atoms with van der Waals surface area (Å²) in [6, 6.07) is 0. The molecular weight excluding hydrogens is 272 g/mol. The van der Waals surface area contributed by atoms with E-state index in [0.29, 0.717) is 12.0 Å². The van der Waals surface area contributed by atoms with Gasteiger partial charge in [-0.1, -0.05) is 45.1 Å². The second-order valence-electron chi connectivity index (χ2n) is 7.29. The molecule has 0 bridgehead atoms. The van der Waals surface area contributed by atoms with Gasteiger partial charge in [0.15, 0.2) is 0 Å². The van der Waals surface area contributed by atoms with Crippen LogP contribution in [0.1, 0.15) is 90.9 Å². The Morgan fingerprint density at radius 1 is 1.14 bits per heavy atom. The molecule has 1 aliphatic rings. The van der Waals surface area contributed by atoms with Crippen molar-refractivity contribution in [2.24, 2.45) is 11.3 Å². The van der Waals surface area contributed by atoms with Gasteiger partial charge in [0, 0.05) is 0 Å². The molecule has 2 nitrogen and oxygen atoms in total. The van der Waals surface area contributed by atoms with Crippen molar-refractivity contribution >= 4 is 5.97 Å². The normalized spacial score (nSPS) is 24.9. The minimum absolute atomic E-state index is 0.0316. The van der Waals surface area contributed by atoms with Crippen LogP contribution < -0.4 is 0 Å². The van der Waals surface area contributed by atoms with Crippen LogP contribution in [0.2, 0.25) is 0 Å². The zero-order valence-corrected chi connectivity index (χ0v) is 14.9. The summed E-state index contributed by atoms with van der Waals surface area (Å²) >= 11 is 0. The molecule has 1 fully saturated rings. The van der Waals surface area contributed by atoms with E-state index in [0.717, 1.165) is 12.8 Å². The van der Waals surface area contributed by atoms with Gasteiger partial charge >= 0.3 is 5.97 Å². The average Bonchev–Trinajstić information content (AvgIpc) is 2.51. The molecule has 0 amide bonds. The first-order chi connectivity index (χ1) is 10.6. The van der Waals surface area contributed by atoms with Crippen molar-refractivity contribution in [2.75, 3.05) is 6.61 Å². The third kappa shape index (κ3) is 7.47. The van der Waals surface area contributed by atoms with Crippen LogP contribution >= 0.6 is 0 Å². The quantitative estimate of drug-likeness (QED) is 0.264. The molecule has 128 valence electrons. The summed E-state index contributed by atoms with van der Waals surface area (Å²) in [4.78, 5) is 11.8. The Kier molecular flexibility index (Phi) is 9.50. The highest BCUT2D eigenvalue weighted by Gasteiger charge is 2.33. The maximum atomic E-state index is 11.8. The minimum atomic E-state index is 0.0316. The molecule has 22 heavy (non-hydrogen) atoms. The molecular formula is C20H36O2. The number of hydrogen-bond donors (Lipinski definition) is 0. The van der Waals surface area contributed by atoms with E-state index in [1.165, 1.54) is 64.2 Å². The fourth-order valence-electron chi connectivity index (χ4n) is 3.61. The Balaban J connectivity index is 2.09. The summed E-state index contributed by atoms with van der Waals surface area (Å²) in [5, 5.41) is 0. The van der Waals surface area contributed by atoms with Crippen LogP contribution in [-0.2, 0) is 9.53 Å². The molecule has 0 radical (unpaired) electrons. The highest BCUT2D eigenvalue weighted by Crippen LogP contribution is 2.42. The lowest BCUT2D eigenvalue weighted by Crippen LogP contribution is -2.29. The number of carbonyl (C=O) groups is 1. The molecule has 0 aromatic rings. The number of esters is 1. The third-order valence-corrected chi connectivity index (χ3v) is 5.25. The molecule has 0 saturated heterocycles. The molecule has 0 aromatic heterocycles. The number of hydrogen-bond acceptors (Lipinski definition) is 2. The predicted molar refractivity (Wildman–Crippen MR) is 93.8 cm³/mol. The van der Waals surface area contributed by atoms with Gasteiger partial charge in [0.05, 0.1) is 12.5 Å². The zero-order chi connectivity index (χ0) is 16.3. The van der Waals surface area contributed by atoms with E-state index in [1.807, 2.05) is 13.0 Å². The Labute approximate surface area is 137 Å². The van der Waals surface area contributed by atoms with Crippen molar-refractivity contribution in [3.8, 4) is 0 Å². The minimum Gasteiger partial charge on any atom is -0.466 e. The van der Waals surface area contributed by atoms with Crippen LogP contribution in [0, 0.1) is 11.3 Å². The maximum Gasteiger partial charge on any atom is 0.308 e. The molecule has 0 aromatic carbocycles. The molecule has 0 N–H and O–H groups in total. The highest BCUT2D eigenvalue weighted by molar-refractivity contribution is 5.72. The molecule has 1 saturated carbocycles. The van der Waals surface area contributed by atoms with Crippen molar-refractivity contribution in [1.29, 1.82) is 0 Å². The first kappa shape index (κ1) is 19.3. The second kappa shape index (κ2) is 10.9. The predicted octanol–water partition coefficient (Wildman–Crippen LogP) is 6.05. The number of rotatable bonds is 11. The first-order valence-electron chi connectivity index (χ1n) is 9.39. The summed E-state index contributed by atoms with van der Waals surface area (Å²) in [7, 11) is 0. The first-order valence-corrected chi connectivity index (χ1v) is 9.39. The zero-order valence-electron chi connectivity index (χ0n) is 14.9. The number of allylic oxidation sites excluding steroid dienone is 1. The standard InChI is InChI=1S/C20H36O2/c1-4-6-7-8-9-10-11-12-15-20(3)16-13-18(14-17-20)19(21)22-5-2/h4,18H,1,5-17H2,2-3H3.